The number of rotatable bonds is 2. The number of aromatic nitrogens is 1. The molecular formula is C20H26N2O2. The lowest BCUT2D eigenvalue weighted by Crippen LogP contribution is -2.37. The van der Waals surface area contributed by atoms with Crippen molar-refractivity contribution in [3.63, 3.8) is 0 Å². The van der Waals surface area contributed by atoms with E-state index in [0.717, 1.165) is 48.0 Å². The Morgan fingerprint density at radius 2 is 1.62 bits per heavy atom. The van der Waals surface area contributed by atoms with E-state index in [1.54, 1.807) is 10.6 Å². The second kappa shape index (κ2) is 6.80. The van der Waals surface area contributed by atoms with Crippen LogP contribution in [0.5, 0.6) is 0 Å². The van der Waals surface area contributed by atoms with Gasteiger partial charge in [-0.2, -0.15) is 0 Å². The minimum absolute atomic E-state index is 0.0594. The largest absolute Gasteiger partial charge is 0.341 e. The summed E-state index contributed by atoms with van der Waals surface area (Å²) in [5, 5.41) is 1.07. The van der Waals surface area contributed by atoms with E-state index in [4.69, 9.17) is 0 Å². The van der Waals surface area contributed by atoms with Crippen LogP contribution in [0.2, 0.25) is 0 Å². The van der Waals surface area contributed by atoms with Crippen LogP contribution >= 0.6 is 0 Å². The SMILES string of the molecule is Cc1cc(C)c2c(c1)c(C)cc(=O)n2CC(=O)N1CCCCCC1. The van der Waals surface area contributed by atoms with E-state index < -0.39 is 0 Å². The van der Waals surface area contributed by atoms with Gasteiger partial charge < -0.3 is 4.90 Å². The molecule has 0 aliphatic carbocycles. The molecule has 0 atom stereocenters. The van der Waals surface area contributed by atoms with Gasteiger partial charge in [0.2, 0.25) is 5.91 Å². The van der Waals surface area contributed by atoms with E-state index in [1.165, 1.54) is 18.4 Å². The highest BCUT2D eigenvalue weighted by Gasteiger charge is 2.18. The van der Waals surface area contributed by atoms with E-state index in [-0.39, 0.29) is 18.0 Å². The number of amides is 1. The highest BCUT2D eigenvalue weighted by molar-refractivity contribution is 5.87. The Hall–Kier alpha value is -2.10. The molecular weight excluding hydrogens is 300 g/mol. The maximum Gasteiger partial charge on any atom is 0.251 e. The van der Waals surface area contributed by atoms with Gasteiger partial charge in [-0.3, -0.25) is 14.2 Å². The lowest BCUT2D eigenvalue weighted by molar-refractivity contribution is -0.131. The first kappa shape index (κ1) is 16.7. The molecule has 0 unspecified atom stereocenters. The van der Waals surface area contributed by atoms with Crippen LogP contribution in [0, 0.1) is 20.8 Å². The first-order valence-electron chi connectivity index (χ1n) is 8.86. The van der Waals surface area contributed by atoms with E-state index in [9.17, 15) is 9.59 Å². The fourth-order valence-electron chi connectivity index (χ4n) is 3.78. The highest BCUT2D eigenvalue weighted by atomic mass is 16.2. The van der Waals surface area contributed by atoms with Crippen molar-refractivity contribution >= 4 is 16.8 Å². The molecule has 4 nitrogen and oxygen atoms in total. The molecule has 1 amide bonds. The van der Waals surface area contributed by atoms with Gasteiger partial charge in [-0.05, 0) is 50.8 Å². The number of hydrogen-bond donors (Lipinski definition) is 0. The van der Waals surface area contributed by atoms with Crippen LogP contribution in [0.1, 0.15) is 42.4 Å². The first-order chi connectivity index (χ1) is 11.5. The van der Waals surface area contributed by atoms with Crippen molar-refractivity contribution in [3.05, 3.63) is 45.2 Å². The Morgan fingerprint density at radius 3 is 2.29 bits per heavy atom. The molecule has 2 aromatic rings. The molecule has 2 heterocycles. The fraction of sp³-hybridized carbons (Fsp3) is 0.500. The van der Waals surface area contributed by atoms with Crippen LogP contribution in [0.4, 0.5) is 0 Å². The average molecular weight is 326 g/mol. The summed E-state index contributed by atoms with van der Waals surface area (Å²) in [5.41, 5.74) is 4.01. The molecule has 0 spiro atoms. The molecule has 4 heteroatoms. The molecule has 0 saturated carbocycles. The topological polar surface area (TPSA) is 42.3 Å². The maximum atomic E-state index is 12.7. The predicted molar refractivity (Wildman–Crippen MR) is 97.5 cm³/mol. The van der Waals surface area contributed by atoms with Crippen LogP contribution in [0.15, 0.2) is 23.0 Å². The second-order valence-corrected chi connectivity index (χ2v) is 7.02. The number of hydrogen-bond acceptors (Lipinski definition) is 2. The van der Waals surface area contributed by atoms with Crippen molar-refractivity contribution in [1.82, 2.24) is 9.47 Å². The summed E-state index contributed by atoms with van der Waals surface area (Å²) >= 11 is 0. The minimum atomic E-state index is -0.0878. The number of pyridine rings is 1. The zero-order valence-corrected chi connectivity index (χ0v) is 14.9. The van der Waals surface area contributed by atoms with E-state index in [2.05, 4.69) is 19.1 Å². The summed E-state index contributed by atoms with van der Waals surface area (Å²) < 4.78 is 1.66. The number of benzene rings is 1. The molecule has 1 saturated heterocycles. The Bertz CT molecular complexity index is 828. The van der Waals surface area contributed by atoms with Crippen molar-refractivity contribution in [2.75, 3.05) is 13.1 Å². The lowest BCUT2D eigenvalue weighted by Gasteiger charge is -2.22. The molecule has 0 bridgehead atoms. The van der Waals surface area contributed by atoms with E-state index in [1.807, 2.05) is 18.7 Å². The molecule has 0 N–H and O–H groups in total. The third-order valence-corrected chi connectivity index (χ3v) is 5.00. The van der Waals surface area contributed by atoms with Gasteiger partial charge in [0.1, 0.15) is 6.54 Å². The van der Waals surface area contributed by atoms with Crippen molar-refractivity contribution in [3.8, 4) is 0 Å². The third kappa shape index (κ3) is 3.23. The average Bonchev–Trinajstić information content (AvgIpc) is 2.80. The van der Waals surface area contributed by atoms with Crippen molar-refractivity contribution in [1.29, 1.82) is 0 Å². The number of nitrogens with zero attached hydrogens (tertiary/aromatic N) is 2. The maximum absolute atomic E-state index is 12.7. The summed E-state index contributed by atoms with van der Waals surface area (Å²) in [4.78, 5) is 27.2. The number of likely N-dealkylation sites (tertiary alicyclic amines) is 1. The molecule has 3 rings (SSSR count). The standard InChI is InChI=1S/C20H26N2O2/c1-14-10-16(3)20-17(11-14)15(2)12-18(23)22(20)13-19(24)21-8-6-4-5-7-9-21/h10-12H,4-9,13H2,1-3H3. The van der Waals surface area contributed by atoms with Crippen molar-refractivity contribution in [2.24, 2.45) is 0 Å². The van der Waals surface area contributed by atoms with Crippen LogP contribution in [-0.4, -0.2) is 28.5 Å². The number of carbonyl (C=O) groups is 1. The van der Waals surface area contributed by atoms with Gasteiger partial charge >= 0.3 is 0 Å². The van der Waals surface area contributed by atoms with Gasteiger partial charge in [-0.15, -0.1) is 0 Å². The molecule has 0 radical (unpaired) electrons. The summed E-state index contributed by atoms with van der Waals surface area (Å²) in [5.74, 6) is 0.0594. The Morgan fingerprint density at radius 1 is 0.958 bits per heavy atom. The molecule has 1 fully saturated rings. The zero-order valence-electron chi connectivity index (χ0n) is 14.9. The fourth-order valence-corrected chi connectivity index (χ4v) is 3.78. The van der Waals surface area contributed by atoms with E-state index in [0.29, 0.717) is 0 Å². The highest BCUT2D eigenvalue weighted by Crippen LogP contribution is 2.22. The van der Waals surface area contributed by atoms with Crippen LogP contribution in [0.3, 0.4) is 0 Å². The molecule has 24 heavy (non-hydrogen) atoms. The van der Waals surface area contributed by atoms with Gasteiger partial charge in [0.15, 0.2) is 0 Å². The lowest BCUT2D eigenvalue weighted by atomic mass is 10.0. The van der Waals surface area contributed by atoms with Gasteiger partial charge in [0, 0.05) is 24.5 Å². The quantitative estimate of drug-likeness (QED) is 0.849. The normalized spacial score (nSPS) is 15.5. The molecule has 1 aromatic heterocycles. The summed E-state index contributed by atoms with van der Waals surface area (Å²) in [7, 11) is 0. The molecule has 1 aliphatic heterocycles. The van der Waals surface area contributed by atoms with Crippen molar-refractivity contribution in [2.45, 2.75) is 53.0 Å². The summed E-state index contributed by atoms with van der Waals surface area (Å²) in [6.45, 7) is 7.80. The number of fused-ring (bicyclic) bond motifs is 1. The van der Waals surface area contributed by atoms with Gasteiger partial charge in [-0.25, -0.2) is 0 Å². The van der Waals surface area contributed by atoms with Crippen molar-refractivity contribution < 1.29 is 4.79 Å². The van der Waals surface area contributed by atoms with E-state index >= 15 is 0 Å². The van der Waals surface area contributed by atoms with Gasteiger partial charge in [0.25, 0.3) is 5.56 Å². The monoisotopic (exact) mass is 326 g/mol. The number of carbonyl (C=O) groups excluding carboxylic acids is 1. The molecule has 1 aliphatic rings. The summed E-state index contributed by atoms with van der Waals surface area (Å²) in [6, 6.07) is 5.83. The Kier molecular flexibility index (Phi) is 4.74. The Labute approximate surface area is 143 Å². The van der Waals surface area contributed by atoms with Crippen LogP contribution < -0.4 is 5.56 Å². The van der Waals surface area contributed by atoms with Gasteiger partial charge in [0.05, 0.1) is 5.52 Å². The summed E-state index contributed by atoms with van der Waals surface area (Å²) in [6.07, 6.45) is 4.51. The minimum Gasteiger partial charge on any atom is -0.341 e. The molecule has 1 aromatic carbocycles. The smallest absolute Gasteiger partial charge is 0.251 e. The Balaban J connectivity index is 2.02. The van der Waals surface area contributed by atoms with Crippen LogP contribution in [-0.2, 0) is 11.3 Å². The van der Waals surface area contributed by atoms with Crippen LogP contribution in [0.25, 0.3) is 10.9 Å². The molecule has 128 valence electrons. The van der Waals surface area contributed by atoms with Gasteiger partial charge in [-0.1, -0.05) is 24.5 Å². The second-order valence-electron chi connectivity index (χ2n) is 7.02. The number of aryl methyl sites for hydroxylation is 3. The third-order valence-electron chi connectivity index (χ3n) is 5.00. The zero-order chi connectivity index (χ0) is 17.3. The first-order valence-corrected chi connectivity index (χ1v) is 8.86. The predicted octanol–water partition coefficient (Wildman–Crippen LogP) is 3.33.